The zero-order chi connectivity index (χ0) is 13.8. The molecule has 1 aliphatic rings. The normalized spacial score (nSPS) is 39.3. The fraction of sp³-hybridized carbons (Fsp3) is 1.00. The first-order chi connectivity index (χ1) is 8.39. The molecule has 5 unspecified atom stereocenters. The van der Waals surface area contributed by atoms with E-state index in [0.29, 0.717) is 17.4 Å². The molecule has 0 aliphatic heterocycles. The molecule has 5 atom stereocenters. The molecule has 0 saturated heterocycles. The Kier molecular flexibility index (Phi) is 6.95. The Bertz CT molecular complexity index is 241. The largest absolute Gasteiger partial charge is 0.327 e. The van der Waals surface area contributed by atoms with Crippen LogP contribution in [-0.4, -0.2) is 9.97 Å². The lowest BCUT2D eigenvalue weighted by atomic mass is 9.69. The molecule has 1 fully saturated rings. The Balaban J connectivity index is 2.55. The average molecular weight is 365 g/mol. The Morgan fingerprint density at radius 2 is 2.06 bits per heavy atom. The Labute approximate surface area is 128 Å². The maximum Gasteiger partial charge on any atom is 0.00813 e. The molecule has 0 radical (unpaired) electrons. The van der Waals surface area contributed by atoms with E-state index >= 15 is 0 Å². The maximum absolute atomic E-state index is 6.37. The number of alkyl halides is 1. The molecule has 0 heterocycles. The van der Waals surface area contributed by atoms with Crippen molar-refractivity contribution in [3.63, 3.8) is 0 Å². The van der Waals surface area contributed by atoms with Gasteiger partial charge in [0.05, 0.1) is 0 Å². The summed E-state index contributed by atoms with van der Waals surface area (Å²) in [5, 5.41) is 0. The molecule has 0 aromatic rings. The molecule has 0 aromatic heterocycles. The van der Waals surface area contributed by atoms with Gasteiger partial charge >= 0.3 is 0 Å². The van der Waals surface area contributed by atoms with E-state index in [4.69, 9.17) is 5.73 Å². The highest BCUT2D eigenvalue weighted by atomic mass is 127. The number of rotatable bonds is 5. The summed E-state index contributed by atoms with van der Waals surface area (Å²) >= 11 is 2.55. The van der Waals surface area contributed by atoms with E-state index in [-0.39, 0.29) is 0 Å². The summed E-state index contributed by atoms with van der Waals surface area (Å²) in [6.45, 7) is 9.51. The van der Waals surface area contributed by atoms with Gasteiger partial charge < -0.3 is 5.73 Å². The van der Waals surface area contributed by atoms with Gasteiger partial charge in [-0.25, -0.2) is 0 Å². The zero-order valence-corrected chi connectivity index (χ0v) is 14.9. The van der Waals surface area contributed by atoms with Gasteiger partial charge in [0, 0.05) is 9.97 Å². The minimum absolute atomic E-state index is 0.420. The number of hydrogen-bond donors (Lipinski definition) is 1. The van der Waals surface area contributed by atoms with Crippen molar-refractivity contribution in [3.05, 3.63) is 0 Å². The van der Waals surface area contributed by atoms with Gasteiger partial charge in [-0.15, -0.1) is 0 Å². The van der Waals surface area contributed by atoms with Gasteiger partial charge in [0.15, 0.2) is 0 Å². The summed E-state index contributed by atoms with van der Waals surface area (Å²) in [5.74, 6) is 1.59. The predicted octanol–water partition coefficient (Wildman–Crippen LogP) is 5.16. The predicted molar refractivity (Wildman–Crippen MR) is 90.2 cm³/mol. The van der Waals surface area contributed by atoms with Gasteiger partial charge in [-0.05, 0) is 42.9 Å². The van der Waals surface area contributed by atoms with Crippen LogP contribution < -0.4 is 5.73 Å². The summed E-state index contributed by atoms with van der Waals surface area (Å²) in [4.78, 5) is 0. The molecule has 108 valence electrons. The van der Waals surface area contributed by atoms with Crippen LogP contribution in [0.5, 0.6) is 0 Å². The minimum Gasteiger partial charge on any atom is -0.327 e. The number of hydrogen-bond acceptors (Lipinski definition) is 1. The van der Waals surface area contributed by atoms with E-state index in [1.165, 1.54) is 44.9 Å². The lowest BCUT2D eigenvalue weighted by molar-refractivity contribution is 0.141. The molecule has 2 N–H and O–H groups in total. The van der Waals surface area contributed by atoms with Gasteiger partial charge in [0.1, 0.15) is 0 Å². The molecule has 2 heteroatoms. The number of nitrogens with two attached hydrogens (primary N) is 1. The minimum atomic E-state index is 0.420. The average Bonchev–Trinajstić information content (AvgIpc) is 2.42. The third-order valence-electron chi connectivity index (χ3n) is 5.43. The Hall–Kier alpha value is 0.690. The highest BCUT2D eigenvalue weighted by Crippen LogP contribution is 2.45. The topological polar surface area (TPSA) is 26.0 Å². The molecular weight excluding hydrogens is 333 g/mol. The maximum atomic E-state index is 6.37. The van der Waals surface area contributed by atoms with Crippen LogP contribution in [0.15, 0.2) is 0 Å². The van der Waals surface area contributed by atoms with E-state index in [2.05, 4.69) is 50.3 Å². The van der Waals surface area contributed by atoms with Gasteiger partial charge in [0.25, 0.3) is 0 Å². The van der Waals surface area contributed by atoms with Crippen molar-refractivity contribution in [1.82, 2.24) is 0 Å². The van der Waals surface area contributed by atoms with Crippen molar-refractivity contribution >= 4 is 22.6 Å². The van der Waals surface area contributed by atoms with E-state index in [1.807, 2.05) is 0 Å². The van der Waals surface area contributed by atoms with Crippen LogP contribution in [0.2, 0.25) is 0 Å². The monoisotopic (exact) mass is 365 g/mol. The van der Waals surface area contributed by atoms with E-state index in [0.717, 1.165) is 9.84 Å². The van der Waals surface area contributed by atoms with Crippen molar-refractivity contribution < 1.29 is 0 Å². The molecule has 1 rings (SSSR count). The molecule has 0 bridgehead atoms. The van der Waals surface area contributed by atoms with E-state index in [9.17, 15) is 0 Å². The van der Waals surface area contributed by atoms with E-state index in [1.54, 1.807) is 0 Å². The van der Waals surface area contributed by atoms with Crippen LogP contribution in [0, 0.1) is 17.3 Å². The molecule has 1 aliphatic carbocycles. The van der Waals surface area contributed by atoms with Crippen molar-refractivity contribution in [2.75, 3.05) is 0 Å². The second-order valence-electron chi connectivity index (χ2n) is 6.82. The highest BCUT2D eigenvalue weighted by molar-refractivity contribution is 14.1. The van der Waals surface area contributed by atoms with E-state index < -0.39 is 0 Å². The summed E-state index contributed by atoms with van der Waals surface area (Å²) in [5.41, 5.74) is 6.84. The van der Waals surface area contributed by atoms with Gasteiger partial charge in [-0.3, -0.25) is 0 Å². The summed E-state index contributed by atoms with van der Waals surface area (Å²) in [6.07, 6.45) is 9.47. The summed E-state index contributed by atoms with van der Waals surface area (Å²) in [6, 6.07) is 0.420. The SMILES string of the molecule is CCC1(C)CC(CCCC(C)I)CCC(N)C1C. The fourth-order valence-electron chi connectivity index (χ4n) is 3.54. The quantitative estimate of drug-likeness (QED) is 0.406. The molecule has 0 aromatic carbocycles. The fourth-order valence-corrected chi connectivity index (χ4v) is 3.98. The summed E-state index contributed by atoms with van der Waals surface area (Å²) < 4.78 is 0.826. The van der Waals surface area contributed by atoms with Crippen molar-refractivity contribution in [2.24, 2.45) is 23.0 Å². The van der Waals surface area contributed by atoms with Gasteiger partial charge in [-0.2, -0.15) is 0 Å². The van der Waals surface area contributed by atoms with Crippen LogP contribution in [0.3, 0.4) is 0 Å². The first-order valence-corrected chi connectivity index (χ1v) is 9.03. The lowest BCUT2D eigenvalue weighted by Gasteiger charge is -2.37. The van der Waals surface area contributed by atoms with Crippen LogP contribution in [-0.2, 0) is 0 Å². The standard InChI is InChI=1S/C16H32IN/c1-5-16(4)11-14(8-6-7-12(2)17)9-10-15(18)13(16)3/h12-15H,5-11,18H2,1-4H3. The summed E-state index contributed by atoms with van der Waals surface area (Å²) in [7, 11) is 0. The van der Waals surface area contributed by atoms with Crippen LogP contribution >= 0.6 is 22.6 Å². The molecule has 0 spiro atoms. The van der Waals surface area contributed by atoms with Gasteiger partial charge in [-0.1, -0.05) is 69.5 Å². The van der Waals surface area contributed by atoms with Crippen LogP contribution in [0.1, 0.15) is 72.6 Å². The third kappa shape index (κ3) is 4.66. The second kappa shape index (κ2) is 7.47. The smallest absolute Gasteiger partial charge is 0.00813 e. The lowest BCUT2D eigenvalue weighted by Crippen LogP contribution is -2.37. The first-order valence-electron chi connectivity index (χ1n) is 7.78. The van der Waals surface area contributed by atoms with Crippen molar-refractivity contribution in [3.8, 4) is 0 Å². The molecule has 0 amide bonds. The highest BCUT2D eigenvalue weighted by Gasteiger charge is 2.37. The first kappa shape index (κ1) is 16.7. The van der Waals surface area contributed by atoms with Crippen molar-refractivity contribution in [2.45, 2.75) is 82.6 Å². The molecule has 1 saturated carbocycles. The molecule has 1 nitrogen and oxygen atoms in total. The van der Waals surface area contributed by atoms with Crippen LogP contribution in [0.25, 0.3) is 0 Å². The molecular formula is C16H32IN. The number of halogens is 1. The second-order valence-corrected chi connectivity index (χ2v) is 8.95. The van der Waals surface area contributed by atoms with Crippen LogP contribution in [0.4, 0.5) is 0 Å². The van der Waals surface area contributed by atoms with Gasteiger partial charge in [0.2, 0.25) is 0 Å². The van der Waals surface area contributed by atoms with Crippen molar-refractivity contribution in [1.29, 1.82) is 0 Å². The Morgan fingerprint density at radius 3 is 2.61 bits per heavy atom. The third-order valence-corrected chi connectivity index (χ3v) is 6.05. The Morgan fingerprint density at radius 1 is 1.39 bits per heavy atom. The zero-order valence-electron chi connectivity index (χ0n) is 12.7. The molecule has 18 heavy (non-hydrogen) atoms.